The normalized spacial score (nSPS) is 42.5. The molecule has 0 amide bonds. The average molecular weight is 152 g/mol. The van der Waals surface area contributed by atoms with Gasteiger partial charge in [-0.1, -0.05) is 18.6 Å². The first-order chi connectivity index (χ1) is 5.42. The minimum absolute atomic E-state index is 0.394. The minimum Gasteiger partial charge on any atom is -0.396 e. The molecule has 0 saturated heterocycles. The van der Waals surface area contributed by atoms with Gasteiger partial charge in [-0.05, 0) is 37.0 Å². The van der Waals surface area contributed by atoms with Crippen LogP contribution in [0.2, 0.25) is 0 Å². The molecule has 11 heavy (non-hydrogen) atoms. The third-order valence-electron chi connectivity index (χ3n) is 3.29. The van der Waals surface area contributed by atoms with Gasteiger partial charge < -0.3 is 5.11 Å². The second-order valence-electron chi connectivity index (χ2n) is 3.87. The van der Waals surface area contributed by atoms with Crippen LogP contribution >= 0.6 is 0 Å². The number of rotatable bonds is 1. The van der Waals surface area contributed by atoms with Crippen LogP contribution in [-0.2, 0) is 0 Å². The summed E-state index contributed by atoms with van der Waals surface area (Å²) in [4.78, 5) is 0. The number of aliphatic hydroxyl groups is 1. The fourth-order valence-electron chi connectivity index (χ4n) is 2.65. The second kappa shape index (κ2) is 2.98. The first-order valence-electron chi connectivity index (χ1n) is 4.69. The highest BCUT2D eigenvalue weighted by Gasteiger charge is 2.33. The maximum atomic E-state index is 9.10. The third-order valence-corrected chi connectivity index (χ3v) is 3.29. The molecular weight excluding hydrogens is 136 g/mol. The molecule has 2 aliphatic rings. The van der Waals surface area contributed by atoms with E-state index in [2.05, 4.69) is 12.2 Å². The molecule has 0 spiro atoms. The number of aliphatic hydroxyl groups excluding tert-OH is 1. The van der Waals surface area contributed by atoms with Gasteiger partial charge in [0.2, 0.25) is 0 Å². The van der Waals surface area contributed by atoms with Gasteiger partial charge in [0, 0.05) is 6.61 Å². The van der Waals surface area contributed by atoms with Gasteiger partial charge in [0.25, 0.3) is 0 Å². The van der Waals surface area contributed by atoms with Crippen LogP contribution < -0.4 is 0 Å². The molecule has 1 nitrogen and oxygen atoms in total. The van der Waals surface area contributed by atoms with E-state index in [4.69, 9.17) is 5.11 Å². The Morgan fingerprint density at radius 3 is 3.09 bits per heavy atom. The fraction of sp³-hybridized carbons (Fsp3) is 0.800. The van der Waals surface area contributed by atoms with Crippen molar-refractivity contribution in [2.45, 2.75) is 25.7 Å². The van der Waals surface area contributed by atoms with E-state index in [0.717, 1.165) is 18.3 Å². The zero-order chi connectivity index (χ0) is 7.68. The van der Waals surface area contributed by atoms with E-state index in [1.165, 1.54) is 19.3 Å². The Bertz CT molecular complexity index is 162. The maximum absolute atomic E-state index is 9.10. The minimum atomic E-state index is 0.394. The van der Waals surface area contributed by atoms with Crippen LogP contribution in [0.4, 0.5) is 0 Å². The first kappa shape index (κ1) is 7.35. The average Bonchev–Trinajstić information content (AvgIpc) is 2.50. The van der Waals surface area contributed by atoms with Gasteiger partial charge in [0.1, 0.15) is 0 Å². The van der Waals surface area contributed by atoms with Crippen molar-refractivity contribution in [3.05, 3.63) is 12.2 Å². The van der Waals surface area contributed by atoms with E-state index in [9.17, 15) is 0 Å². The van der Waals surface area contributed by atoms with E-state index in [0.29, 0.717) is 12.5 Å². The molecule has 0 unspecified atom stereocenters. The molecule has 1 N–H and O–H groups in total. The molecule has 2 aliphatic carbocycles. The molecule has 3 atom stereocenters. The summed E-state index contributed by atoms with van der Waals surface area (Å²) in [6, 6.07) is 0. The maximum Gasteiger partial charge on any atom is 0.0465 e. The van der Waals surface area contributed by atoms with E-state index in [1.807, 2.05) is 0 Å². The Labute approximate surface area is 68.1 Å². The third kappa shape index (κ3) is 1.22. The van der Waals surface area contributed by atoms with Gasteiger partial charge in [0.05, 0.1) is 0 Å². The predicted molar refractivity (Wildman–Crippen MR) is 45.2 cm³/mol. The van der Waals surface area contributed by atoms with Crippen LogP contribution in [0.1, 0.15) is 25.7 Å². The monoisotopic (exact) mass is 152 g/mol. The van der Waals surface area contributed by atoms with Crippen molar-refractivity contribution in [2.75, 3.05) is 6.61 Å². The molecule has 1 fully saturated rings. The number of hydrogen-bond acceptors (Lipinski definition) is 1. The lowest BCUT2D eigenvalue weighted by Crippen LogP contribution is -2.23. The van der Waals surface area contributed by atoms with Crippen LogP contribution in [0.5, 0.6) is 0 Å². The molecule has 0 aromatic carbocycles. The van der Waals surface area contributed by atoms with E-state index >= 15 is 0 Å². The molecular formula is C10H16O. The van der Waals surface area contributed by atoms with Gasteiger partial charge in [0.15, 0.2) is 0 Å². The van der Waals surface area contributed by atoms with Crippen molar-refractivity contribution >= 4 is 0 Å². The van der Waals surface area contributed by atoms with E-state index in [-0.39, 0.29) is 0 Å². The molecule has 0 radical (unpaired) electrons. The highest BCUT2D eigenvalue weighted by molar-refractivity contribution is 5.02. The molecule has 0 aromatic rings. The van der Waals surface area contributed by atoms with E-state index < -0.39 is 0 Å². The lowest BCUT2D eigenvalue weighted by molar-refractivity contribution is 0.156. The number of allylic oxidation sites excluding steroid dienone is 2. The summed E-state index contributed by atoms with van der Waals surface area (Å²) >= 11 is 0. The summed E-state index contributed by atoms with van der Waals surface area (Å²) in [7, 11) is 0. The Kier molecular flexibility index (Phi) is 1.99. The van der Waals surface area contributed by atoms with Crippen molar-refractivity contribution in [3.63, 3.8) is 0 Å². The predicted octanol–water partition coefficient (Wildman–Crippen LogP) is 1.97. The van der Waals surface area contributed by atoms with Crippen molar-refractivity contribution in [2.24, 2.45) is 17.8 Å². The van der Waals surface area contributed by atoms with Crippen molar-refractivity contribution in [1.29, 1.82) is 0 Å². The Morgan fingerprint density at radius 2 is 2.27 bits per heavy atom. The largest absolute Gasteiger partial charge is 0.396 e. The molecule has 0 bridgehead atoms. The molecule has 0 heterocycles. The molecule has 2 rings (SSSR count). The standard InChI is InChI=1S/C10H16O/c11-7-9-5-1-3-8-4-2-6-10(8)9/h1,3,8-11H,2,4-7H2/t8-,9+,10-/m0/s1. The molecule has 0 aliphatic heterocycles. The summed E-state index contributed by atoms with van der Waals surface area (Å²) in [5.41, 5.74) is 0. The Hall–Kier alpha value is -0.300. The second-order valence-corrected chi connectivity index (χ2v) is 3.87. The summed E-state index contributed by atoms with van der Waals surface area (Å²) in [6.45, 7) is 0.394. The van der Waals surface area contributed by atoms with Gasteiger partial charge in [-0.25, -0.2) is 0 Å². The molecule has 1 heteroatoms. The highest BCUT2D eigenvalue weighted by Crippen LogP contribution is 2.41. The number of hydrogen-bond donors (Lipinski definition) is 1. The van der Waals surface area contributed by atoms with Crippen LogP contribution in [0, 0.1) is 17.8 Å². The summed E-state index contributed by atoms with van der Waals surface area (Å²) in [5.74, 6) is 2.19. The highest BCUT2D eigenvalue weighted by atomic mass is 16.3. The molecule has 0 aromatic heterocycles. The van der Waals surface area contributed by atoms with Crippen molar-refractivity contribution in [1.82, 2.24) is 0 Å². The van der Waals surface area contributed by atoms with Crippen LogP contribution in [-0.4, -0.2) is 11.7 Å². The molecule has 62 valence electrons. The van der Waals surface area contributed by atoms with Gasteiger partial charge >= 0.3 is 0 Å². The zero-order valence-corrected chi connectivity index (χ0v) is 6.87. The summed E-state index contributed by atoms with van der Waals surface area (Å²) in [6.07, 6.45) is 9.81. The Balaban J connectivity index is 2.09. The van der Waals surface area contributed by atoms with Crippen molar-refractivity contribution in [3.8, 4) is 0 Å². The summed E-state index contributed by atoms with van der Waals surface area (Å²) in [5, 5.41) is 9.10. The van der Waals surface area contributed by atoms with E-state index in [1.54, 1.807) is 0 Å². The SMILES string of the molecule is OC[C@H]1CC=C[C@H]2CCC[C@H]12. The molecule has 1 saturated carbocycles. The lowest BCUT2D eigenvalue weighted by atomic mass is 9.78. The zero-order valence-electron chi connectivity index (χ0n) is 6.87. The smallest absolute Gasteiger partial charge is 0.0465 e. The topological polar surface area (TPSA) is 20.2 Å². The van der Waals surface area contributed by atoms with Gasteiger partial charge in [-0.15, -0.1) is 0 Å². The fourth-order valence-corrected chi connectivity index (χ4v) is 2.65. The Morgan fingerprint density at radius 1 is 1.36 bits per heavy atom. The van der Waals surface area contributed by atoms with Crippen LogP contribution in [0.25, 0.3) is 0 Å². The summed E-state index contributed by atoms with van der Waals surface area (Å²) < 4.78 is 0. The van der Waals surface area contributed by atoms with Crippen LogP contribution in [0.3, 0.4) is 0 Å². The number of fused-ring (bicyclic) bond motifs is 1. The first-order valence-corrected chi connectivity index (χ1v) is 4.69. The van der Waals surface area contributed by atoms with Crippen LogP contribution in [0.15, 0.2) is 12.2 Å². The van der Waals surface area contributed by atoms with Gasteiger partial charge in [-0.2, -0.15) is 0 Å². The lowest BCUT2D eigenvalue weighted by Gasteiger charge is -2.28. The van der Waals surface area contributed by atoms with Gasteiger partial charge in [-0.3, -0.25) is 0 Å². The van der Waals surface area contributed by atoms with Crippen molar-refractivity contribution < 1.29 is 5.11 Å². The quantitative estimate of drug-likeness (QED) is 0.569.